The van der Waals surface area contributed by atoms with Gasteiger partial charge in [0.1, 0.15) is 0 Å². The van der Waals surface area contributed by atoms with E-state index in [-0.39, 0.29) is 5.91 Å². The average Bonchev–Trinajstić information content (AvgIpc) is 2.59. The van der Waals surface area contributed by atoms with Crippen molar-refractivity contribution < 1.29 is 9.53 Å². The fraction of sp³-hybridized carbons (Fsp3) is 0.118. The number of benzene rings is 1. The number of fused-ring (bicyclic) bond motifs is 1. The highest BCUT2D eigenvalue weighted by molar-refractivity contribution is 5.97. The molecule has 2 heterocycles. The minimum atomic E-state index is -0.124. The van der Waals surface area contributed by atoms with E-state index in [9.17, 15) is 4.79 Å². The molecule has 0 saturated carbocycles. The van der Waals surface area contributed by atoms with E-state index in [2.05, 4.69) is 15.3 Å². The molecule has 3 rings (SSSR count). The smallest absolute Gasteiger partial charge is 0.251 e. The van der Waals surface area contributed by atoms with E-state index in [4.69, 9.17) is 4.74 Å². The molecule has 22 heavy (non-hydrogen) atoms. The molecule has 0 fully saturated rings. The number of ether oxygens (including phenoxy) is 1. The van der Waals surface area contributed by atoms with E-state index >= 15 is 0 Å². The molecular weight excluding hydrogens is 278 g/mol. The second kappa shape index (κ2) is 6.22. The standard InChI is InChI=1S/C17H15N3O2/c1-22-16-7-4-12(10-19-16)11-20-17(21)14-5-6-15-13(9-14)3-2-8-18-15/h2-10H,11H2,1H3,(H,20,21). The lowest BCUT2D eigenvalue weighted by Crippen LogP contribution is -2.22. The number of nitrogens with zero attached hydrogens (tertiary/aromatic N) is 2. The van der Waals surface area contributed by atoms with Gasteiger partial charge < -0.3 is 10.1 Å². The van der Waals surface area contributed by atoms with Gasteiger partial charge in [-0.2, -0.15) is 0 Å². The molecule has 2 aromatic heterocycles. The van der Waals surface area contributed by atoms with Crippen LogP contribution in [0.2, 0.25) is 0 Å². The van der Waals surface area contributed by atoms with Crippen molar-refractivity contribution in [1.82, 2.24) is 15.3 Å². The molecule has 0 aliphatic rings. The second-order valence-electron chi connectivity index (χ2n) is 4.80. The Kier molecular flexibility index (Phi) is 3.96. The number of carbonyl (C=O) groups excluding carboxylic acids is 1. The number of nitrogens with one attached hydrogen (secondary N) is 1. The third-order valence-corrected chi connectivity index (χ3v) is 3.32. The Hall–Kier alpha value is -2.95. The summed E-state index contributed by atoms with van der Waals surface area (Å²) in [5.41, 5.74) is 2.40. The van der Waals surface area contributed by atoms with Crippen molar-refractivity contribution in [2.24, 2.45) is 0 Å². The van der Waals surface area contributed by atoms with E-state index in [0.717, 1.165) is 16.5 Å². The average molecular weight is 293 g/mol. The van der Waals surface area contributed by atoms with Crippen LogP contribution in [-0.4, -0.2) is 23.0 Å². The molecular formula is C17H15N3O2. The van der Waals surface area contributed by atoms with E-state index in [1.54, 1.807) is 31.6 Å². The molecule has 0 spiro atoms. The zero-order valence-electron chi connectivity index (χ0n) is 12.1. The molecule has 0 unspecified atom stereocenters. The highest BCUT2D eigenvalue weighted by Gasteiger charge is 2.06. The molecule has 0 aliphatic heterocycles. The zero-order valence-corrected chi connectivity index (χ0v) is 12.1. The van der Waals surface area contributed by atoms with E-state index in [1.807, 2.05) is 30.3 Å². The van der Waals surface area contributed by atoms with Crippen LogP contribution < -0.4 is 10.1 Å². The Morgan fingerprint density at radius 2 is 2.09 bits per heavy atom. The Morgan fingerprint density at radius 3 is 2.86 bits per heavy atom. The maximum atomic E-state index is 12.2. The quantitative estimate of drug-likeness (QED) is 0.803. The van der Waals surface area contributed by atoms with Gasteiger partial charge in [0, 0.05) is 36.0 Å². The van der Waals surface area contributed by atoms with Crippen LogP contribution in [0.3, 0.4) is 0 Å². The third-order valence-electron chi connectivity index (χ3n) is 3.32. The number of pyridine rings is 2. The number of hydrogen-bond acceptors (Lipinski definition) is 4. The van der Waals surface area contributed by atoms with Crippen LogP contribution in [0.25, 0.3) is 10.9 Å². The van der Waals surface area contributed by atoms with Crippen molar-refractivity contribution in [2.75, 3.05) is 7.11 Å². The van der Waals surface area contributed by atoms with Gasteiger partial charge in [0.15, 0.2) is 0 Å². The minimum absolute atomic E-state index is 0.124. The summed E-state index contributed by atoms with van der Waals surface area (Å²) in [6.07, 6.45) is 3.42. The number of carbonyl (C=O) groups is 1. The van der Waals surface area contributed by atoms with Gasteiger partial charge in [-0.25, -0.2) is 4.98 Å². The van der Waals surface area contributed by atoms with Crippen LogP contribution in [0.15, 0.2) is 54.9 Å². The summed E-state index contributed by atoms with van der Waals surface area (Å²) in [6.45, 7) is 0.418. The lowest BCUT2D eigenvalue weighted by Gasteiger charge is -2.06. The van der Waals surface area contributed by atoms with Gasteiger partial charge in [-0.15, -0.1) is 0 Å². The van der Waals surface area contributed by atoms with Gasteiger partial charge in [-0.3, -0.25) is 9.78 Å². The highest BCUT2D eigenvalue weighted by atomic mass is 16.5. The number of aromatic nitrogens is 2. The zero-order chi connectivity index (χ0) is 15.4. The van der Waals surface area contributed by atoms with Gasteiger partial charge >= 0.3 is 0 Å². The van der Waals surface area contributed by atoms with E-state index in [0.29, 0.717) is 18.0 Å². The molecule has 5 nitrogen and oxygen atoms in total. The molecule has 0 saturated heterocycles. The third kappa shape index (κ3) is 3.03. The summed E-state index contributed by atoms with van der Waals surface area (Å²) in [4.78, 5) is 20.6. The molecule has 110 valence electrons. The van der Waals surface area contributed by atoms with Crippen LogP contribution in [-0.2, 0) is 6.54 Å². The van der Waals surface area contributed by atoms with Gasteiger partial charge in [-0.05, 0) is 29.8 Å². The first-order valence-corrected chi connectivity index (χ1v) is 6.88. The Bertz CT molecular complexity index is 800. The first-order chi connectivity index (χ1) is 10.8. The summed E-state index contributed by atoms with van der Waals surface area (Å²) < 4.78 is 5.00. The summed E-state index contributed by atoms with van der Waals surface area (Å²) in [5.74, 6) is 0.429. The Labute approximate surface area is 128 Å². The molecule has 5 heteroatoms. The highest BCUT2D eigenvalue weighted by Crippen LogP contribution is 2.13. The fourth-order valence-corrected chi connectivity index (χ4v) is 2.14. The van der Waals surface area contributed by atoms with Gasteiger partial charge in [-0.1, -0.05) is 12.1 Å². The van der Waals surface area contributed by atoms with Crippen molar-refractivity contribution in [3.63, 3.8) is 0 Å². The lowest BCUT2D eigenvalue weighted by atomic mass is 10.1. The van der Waals surface area contributed by atoms with Crippen LogP contribution in [0.4, 0.5) is 0 Å². The minimum Gasteiger partial charge on any atom is -0.481 e. The maximum Gasteiger partial charge on any atom is 0.251 e. The van der Waals surface area contributed by atoms with Crippen molar-refractivity contribution in [2.45, 2.75) is 6.54 Å². The van der Waals surface area contributed by atoms with Crippen LogP contribution in [0.5, 0.6) is 5.88 Å². The van der Waals surface area contributed by atoms with Crippen molar-refractivity contribution in [3.8, 4) is 5.88 Å². The predicted molar refractivity (Wildman–Crippen MR) is 83.7 cm³/mol. The lowest BCUT2D eigenvalue weighted by molar-refractivity contribution is 0.0951. The number of methoxy groups -OCH3 is 1. The molecule has 0 radical (unpaired) electrons. The molecule has 1 aromatic carbocycles. The largest absolute Gasteiger partial charge is 0.481 e. The molecule has 3 aromatic rings. The summed E-state index contributed by atoms with van der Waals surface area (Å²) in [7, 11) is 1.57. The van der Waals surface area contributed by atoms with Gasteiger partial charge in [0.2, 0.25) is 5.88 Å². The normalized spacial score (nSPS) is 10.4. The monoisotopic (exact) mass is 293 g/mol. The van der Waals surface area contributed by atoms with Crippen LogP contribution in [0, 0.1) is 0 Å². The molecule has 0 atom stereocenters. The molecule has 0 aliphatic carbocycles. The summed E-state index contributed by atoms with van der Waals surface area (Å²) in [5, 5.41) is 3.82. The molecule has 1 N–H and O–H groups in total. The van der Waals surface area contributed by atoms with Crippen LogP contribution in [0.1, 0.15) is 15.9 Å². The first-order valence-electron chi connectivity index (χ1n) is 6.88. The SMILES string of the molecule is COc1ccc(CNC(=O)c2ccc3ncccc3c2)cn1. The summed E-state index contributed by atoms with van der Waals surface area (Å²) in [6, 6.07) is 12.9. The van der Waals surface area contributed by atoms with Crippen molar-refractivity contribution in [3.05, 3.63) is 66.0 Å². The Morgan fingerprint density at radius 1 is 1.18 bits per heavy atom. The number of rotatable bonds is 4. The van der Waals surface area contributed by atoms with E-state index < -0.39 is 0 Å². The van der Waals surface area contributed by atoms with Gasteiger partial charge in [0.05, 0.1) is 12.6 Å². The topological polar surface area (TPSA) is 64.1 Å². The second-order valence-corrected chi connectivity index (χ2v) is 4.80. The number of amides is 1. The molecule has 1 amide bonds. The first kappa shape index (κ1) is 14.0. The summed E-state index contributed by atoms with van der Waals surface area (Å²) >= 11 is 0. The maximum absolute atomic E-state index is 12.2. The molecule has 0 bridgehead atoms. The number of hydrogen-bond donors (Lipinski definition) is 1. The van der Waals surface area contributed by atoms with Crippen molar-refractivity contribution in [1.29, 1.82) is 0 Å². The van der Waals surface area contributed by atoms with Gasteiger partial charge in [0.25, 0.3) is 5.91 Å². The van der Waals surface area contributed by atoms with Crippen molar-refractivity contribution >= 4 is 16.8 Å². The van der Waals surface area contributed by atoms with Crippen LogP contribution >= 0.6 is 0 Å². The Balaban J connectivity index is 1.69. The van der Waals surface area contributed by atoms with E-state index in [1.165, 1.54) is 0 Å². The predicted octanol–water partition coefficient (Wildman–Crippen LogP) is 2.57. The fourth-order valence-electron chi connectivity index (χ4n) is 2.14.